The van der Waals surface area contributed by atoms with E-state index >= 15 is 0 Å². The molecule has 0 unspecified atom stereocenters. The Kier molecular flexibility index (Phi) is 7.99. The van der Waals surface area contributed by atoms with Crippen LogP contribution in [0.15, 0.2) is 42.0 Å². The molecule has 7 nitrogen and oxygen atoms in total. The number of hydrogen-bond acceptors (Lipinski definition) is 6. The van der Waals surface area contributed by atoms with Gasteiger partial charge in [0.1, 0.15) is 17.3 Å². The van der Waals surface area contributed by atoms with E-state index in [-0.39, 0.29) is 22.6 Å². The van der Waals surface area contributed by atoms with Crippen LogP contribution in [0.2, 0.25) is 0 Å². The fraction of sp³-hybridized carbons (Fsp3) is 0.407. The monoisotopic (exact) mass is 466 g/mol. The second-order valence-electron chi connectivity index (χ2n) is 8.60. The molecule has 1 fully saturated rings. The predicted octanol–water partition coefficient (Wildman–Crippen LogP) is 4.17. The number of Topliss-reactive ketones (excluding diaryl/α,β-unsaturated/α-hetero) is 1. The summed E-state index contributed by atoms with van der Waals surface area (Å²) < 4.78 is 5.25. The van der Waals surface area contributed by atoms with Gasteiger partial charge < -0.3 is 24.7 Å². The van der Waals surface area contributed by atoms with Crippen molar-refractivity contribution in [3.05, 3.63) is 64.2 Å². The summed E-state index contributed by atoms with van der Waals surface area (Å²) in [6.45, 7) is 10.9. The number of ketones is 1. The van der Waals surface area contributed by atoms with Gasteiger partial charge in [0.25, 0.3) is 11.7 Å². The van der Waals surface area contributed by atoms with Crippen LogP contribution in [0.25, 0.3) is 5.76 Å². The number of methoxy groups -OCH3 is 1. The van der Waals surface area contributed by atoms with Crippen molar-refractivity contribution in [1.29, 1.82) is 0 Å². The van der Waals surface area contributed by atoms with Crippen molar-refractivity contribution in [2.75, 3.05) is 33.3 Å². The van der Waals surface area contributed by atoms with E-state index in [4.69, 9.17) is 4.74 Å². The van der Waals surface area contributed by atoms with Gasteiger partial charge in [0.2, 0.25) is 0 Å². The highest BCUT2D eigenvalue weighted by Gasteiger charge is 2.46. The van der Waals surface area contributed by atoms with Gasteiger partial charge in [-0.25, -0.2) is 0 Å². The summed E-state index contributed by atoms with van der Waals surface area (Å²) in [4.78, 5) is 30.1. The molecule has 7 heteroatoms. The lowest BCUT2D eigenvalue weighted by Gasteiger charge is -2.27. The first-order valence-electron chi connectivity index (χ1n) is 11.7. The first-order valence-corrected chi connectivity index (χ1v) is 11.7. The Morgan fingerprint density at radius 2 is 1.68 bits per heavy atom. The van der Waals surface area contributed by atoms with Crippen LogP contribution < -0.4 is 4.74 Å². The predicted molar refractivity (Wildman–Crippen MR) is 132 cm³/mol. The van der Waals surface area contributed by atoms with Gasteiger partial charge in [-0.05, 0) is 80.9 Å². The lowest BCUT2D eigenvalue weighted by molar-refractivity contribution is -0.140. The molecule has 0 bridgehead atoms. The molecule has 0 aromatic heterocycles. The lowest BCUT2D eigenvalue weighted by Crippen LogP contribution is -2.33. The molecule has 34 heavy (non-hydrogen) atoms. The summed E-state index contributed by atoms with van der Waals surface area (Å²) in [6.07, 6.45) is 0.691. The second-order valence-corrected chi connectivity index (χ2v) is 8.60. The van der Waals surface area contributed by atoms with Crippen LogP contribution in [-0.2, 0) is 9.59 Å². The lowest BCUT2D eigenvalue weighted by atomic mass is 9.93. The second kappa shape index (κ2) is 10.7. The maximum absolute atomic E-state index is 13.2. The number of aliphatic hydroxyl groups excluding tert-OH is 1. The molecule has 1 amide bonds. The van der Waals surface area contributed by atoms with Crippen LogP contribution >= 0.6 is 0 Å². The topological polar surface area (TPSA) is 90.3 Å². The van der Waals surface area contributed by atoms with Crippen LogP contribution in [0.4, 0.5) is 0 Å². The maximum atomic E-state index is 13.2. The molecule has 1 heterocycles. The van der Waals surface area contributed by atoms with Crippen molar-refractivity contribution in [1.82, 2.24) is 9.80 Å². The molecule has 0 radical (unpaired) electrons. The Hall–Kier alpha value is -3.32. The molecular weight excluding hydrogens is 432 g/mol. The molecule has 2 aromatic rings. The fourth-order valence-corrected chi connectivity index (χ4v) is 4.38. The third-order valence-corrected chi connectivity index (χ3v) is 6.61. The smallest absolute Gasteiger partial charge is 0.295 e. The SMILES string of the molecule is CCN(CC)CCCN1C(=O)C(=O)C(=C(O)c2cc(C)c(C)cc2O)[C@H]1c1ccc(OC)cc1. The Balaban J connectivity index is 2.09. The minimum Gasteiger partial charge on any atom is -0.507 e. The number of carbonyl (C=O) groups is 2. The summed E-state index contributed by atoms with van der Waals surface area (Å²) in [6, 6.07) is 9.54. The quantitative estimate of drug-likeness (QED) is 0.328. The molecule has 1 aliphatic heterocycles. The molecule has 182 valence electrons. The Bertz CT molecular complexity index is 1090. The zero-order valence-electron chi connectivity index (χ0n) is 20.6. The van der Waals surface area contributed by atoms with Gasteiger partial charge in [0.05, 0.1) is 24.3 Å². The summed E-state index contributed by atoms with van der Waals surface area (Å²) in [5, 5.41) is 21.8. The number of phenols is 1. The molecule has 3 rings (SSSR count). The highest BCUT2D eigenvalue weighted by molar-refractivity contribution is 6.46. The van der Waals surface area contributed by atoms with E-state index in [1.54, 1.807) is 43.5 Å². The molecule has 0 spiro atoms. The van der Waals surface area contributed by atoms with Gasteiger partial charge in [-0.1, -0.05) is 26.0 Å². The van der Waals surface area contributed by atoms with Gasteiger partial charge in [-0.15, -0.1) is 0 Å². The van der Waals surface area contributed by atoms with Crippen molar-refractivity contribution in [2.45, 2.75) is 40.2 Å². The summed E-state index contributed by atoms with van der Waals surface area (Å²) in [5.41, 5.74) is 2.53. The minimum atomic E-state index is -0.761. The van der Waals surface area contributed by atoms with Crippen molar-refractivity contribution in [3.63, 3.8) is 0 Å². The molecule has 0 aliphatic carbocycles. The molecule has 2 N–H and O–H groups in total. The number of hydrogen-bond donors (Lipinski definition) is 2. The van der Waals surface area contributed by atoms with E-state index in [1.807, 2.05) is 13.8 Å². The number of ether oxygens (including phenoxy) is 1. The molecule has 2 aromatic carbocycles. The van der Waals surface area contributed by atoms with Crippen molar-refractivity contribution < 1.29 is 24.5 Å². The normalized spacial score (nSPS) is 17.6. The number of nitrogens with zero attached hydrogens (tertiary/aromatic N) is 2. The van der Waals surface area contributed by atoms with E-state index < -0.39 is 17.7 Å². The molecule has 0 saturated carbocycles. The van der Waals surface area contributed by atoms with Crippen LogP contribution in [0.5, 0.6) is 11.5 Å². The highest BCUT2D eigenvalue weighted by atomic mass is 16.5. The van der Waals surface area contributed by atoms with Gasteiger partial charge in [0, 0.05) is 6.54 Å². The number of aromatic hydroxyl groups is 1. The van der Waals surface area contributed by atoms with Crippen molar-refractivity contribution >= 4 is 17.4 Å². The molecule has 1 saturated heterocycles. The zero-order valence-corrected chi connectivity index (χ0v) is 20.6. The highest BCUT2D eigenvalue weighted by Crippen LogP contribution is 2.41. The Labute approximate surface area is 201 Å². The Morgan fingerprint density at radius 3 is 2.26 bits per heavy atom. The van der Waals surface area contributed by atoms with E-state index in [9.17, 15) is 19.8 Å². The average Bonchev–Trinajstić information content (AvgIpc) is 3.08. The average molecular weight is 467 g/mol. The number of likely N-dealkylation sites (tertiary alicyclic amines) is 1. The van der Waals surface area contributed by atoms with Crippen molar-refractivity contribution in [3.8, 4) is 11.5 Å². The number of phenolic OH excluding ortho intramolecular Hbond substituents is 1. The van der Waals surface area contributed by atoms with E-state index in [2.05, 4.69) is 18.7 Å². The van der Waals surface area contributed by atoms with Crippen LogP contribution in [0, 0.1) is 13.8 Å². The van der Waals surface area contributed by atoms with Gasteiger partial charge >= 0.3 is 0 Å². The number of rotatable bonds is 9. The minimum absolute atomic E-state index is 0.0171. The Morgan fingerprint density at radius 1 is 1.06 bits per heavy atom. The van der Waals surface area contributed by atoms with Crippen LogP contribution in [0.1, 0.15) is 48.6 Å². The van der Waals surface area contributed by atoms with Crippen LogP contribution in [-0.4, -0.2) is 65.0 Å². The van der Waals surface area contributed by atoms with Gasteiger partial charge in [-0.2, -0.15) is 0 Å². The van der Waals surface area contributed by atoms with E-state index in [0.717, 1.165) is 30.8 Å². The fourth-order valence-electron chi connectivity index (χ4n) is 4.38. The number of carbonyl (C=O) groups excluding carboxylic acids is 2. The number of benzene rings is 2. The number of aliphatic hydroxyl groups is 1. The van der Waals surface area contributed by atoms with E-state index in [0.29, 0.717) is 24.3 Å². The van der Waals surface area contributed by atoms with Gasteiger partial charge in [-0.3, -0.25) is 9.59 Å². The van der Waals surface area contributed by atoms with Gasteiger partial charge in [0.15, 0.2) is 0 Å². The molecular formula is C27H34N2O5. The molecule has 1 atom stereocenters. The van der Waals surface area contributed by atoms with Crippen molar-refractivity contribution in [2.24, 2.45) is 0 Å². The summed E-state index contributed by atoms with van der Waals surface area (Å²) in [5.74, 6) is -1.26. The standard InChI is InChI=1S/C27H34N2O5/c1-6-28(7-2)13-8-14-29-24(19-9-11-20(34-5)12-10-19)23(26(32)27(29)33)25(31)21-15-17(3)18(4)16-22(21)30/h9-12,15-16,24,30-31H,6-8,13-14H2,1-5H3/t24-/m1/s1. The third-order valence-electron chi connectivity index (χ3n) is 6.61. The van der Waals surface area contributed by atoms with Crippen LogP contribution in [0.3, 0.4) is 0 Å². The zero-order chi connectivity index (χ0) is 25.0. The number of amides is 1. The summed E-state index contributed by atoms with van der Waals surface area (Å²) in [7, 11) is 1.57. The first-order chi connectivity index (χ1) is 16.2. The van der Waals surface area contributed by atoms with E-state index in [1.165, 1.54) is 4.90 Å². The maximum Gasteiger partial charge on any atom is 0.295 e. The largest absolute Gasteiger partial charge is 0.507 e. The third kappa shape index (κ3) is 4.94. The first kappa shape index (κ1) is 25.3. The summed E-state index contributed by atoms with van der Waals surface area (Å²) >= 11 is 0. The molecule has 1 aliphatic rings. The number of aryl methyl sites for hydroxylation is 2.